The van der Waals surface area contributed by atoms with E-state index >= 15 is 0 Å². The molecular weight excluding hydrogens is 557 g/mol. The van der Waals surface area contributed by atoms with Crippen LogP contribution in [0.2, 0.25) is 10.0 Å². The van der Waals surface area contributed by atoms with E-state index in [0.717, 1.165) is 9.87 Å². The van der Waals surface area contributed by atoms with Crippen molar-refractivity contribution in [2.75, 3.05) is 10.8 Å². The Morgan fingerprint density at radius 1 is 0.923 bits per heavy atom. The van der Waals surface area contributed by atoms with Crippen molar-refractivity contribution in [3.05, 3.63) is 94.0 Å². The van der Waals surface area contributed by atoms with Gasteiger partial charge in [0, 0.05) is 22.6 Å². The highest BCUT2D eigenvalue weighted by molar-refractivity contribution is 7.92. The number of anilines is 1. The minimum Gasteiger partial charge on any atom is -0.352 e. The van der Waals surface area contributed by atoms with Crippen molar-refractivity contribution in [2.24, 2.45) is 0 Å². The molecule has 0 unspecified atom stereocenters. The predicted octanol–water partition coefficient (Wildman–Crippen LogP) is 5.83. The van der Waals surface area contributed by atoms with Gasteiger partial charge in [0.25, 0.3) is 10.0 Å². The number of nitrogens with one attached hydrogen (secondary N) is 1. The summed E-state index contributed by atoms with van der Waals surface area (Å²) >= 11 is 12.4. The van der Waals surface area contributed by atoms with E-state index in [1.54, 1.807) is 55.5 Å². The molecule has 0 aliphatic rings. The number of aryl methyl sites for hydroxylation is 1. The molecule has 0 heterocycles. The molecule has 10 heteroatoms. The van der Waals surface area contributed by atoms with Crippen LogP contribution in [0.3, 0.4) is 0 Å². The van der Waals surface area contributed by atoms with E-state index < -0.39 is 28.5 Å². The lowest BCUT2D eigenvalue weighted by molar-refractivity contribution is -0.140. The lowest BCUT2D eigenvalue weighted by Crippen LogP contribution is -2.53. The number of amides is 2. The lowest BCUT2D eigenvalue weighted by atomic mass is 10.1. The number of hydrogen-bond acceptors (Lipinski definition) is 4. The van der Waals surface area contributed by atoms with Gasteiger partial charge in [-0.2, -0.15) is 0 Å². The van der Waals surface area contributed by atoms with E-state index in [1.807, 2.05) is 20.8 Å². The normalized spacial score (nSPS) is 12.2. The van der Waals surface area contributed by atoms with Crippen LogP contribution in [-0.2, 0) is 26.2 Å². The van der Waals surface area contributed by atoms with E-state index in [9.17, 15) is 18.0 Å². The second kappa shape index (κ2) is 13.3. The summed E-state index contributed by atoms with van der Waals surface area (Å²) < 4.78 is 28.7. The first kappa shape index (κ1) is 30.5. The van der Waals surface area contributed by atoms with E-state index in [4.69, 9.17) is 23.2 Å². The molecule has 0 saturated carbocycles. The Kier molecular flexibility index (Phi) is 10.4. The molecule has 0 saturated heterocycles. The van der Waals surface area contributed by atoms with Crippen molar-refractivity contribution in [1.82, 2.24) is 10.2 Å². The molecule has 0 aliphatic carbocycles. The highest BCUT2D eigenvalue weighted by Crippen LogP contribution is 2.27. The third-order valence-corrected chi connectivity index (χ3v) is 8.53. The van der Waals surface area contributed by atoms with Crippen molar-refractivity contribution in [1.29, 1.82) is 0 Å². The molecule has 3 rings (SSSR count). The fraction of sp³-hybridized carbons (Fsp3) is 0.310. The first-order valence-electron chi connectivity index (χ1n) is 12.6. The number of halogens is 2. The number of hydrogen-bond donors (Lipinski definition) is 1. The van der Waals surface area contributed by atoms with Gasteiger partial charge in [-0.25, -0.2) is 8.42 Å². The maximum atomic E-state index is 14.0. The smallest absolute Gasteiger partial charge is 0.264 e. The molecule has 0 aliphatic heterocycles. The monoisotopic (exact) mass is 589 g/mol. The van der Waals surface area contributed by atoms with Crippen LogP contribution < -0.4 is 9.62 Å². The van der Waals surface area contributed by atoms with Gasteiger partial charge in [0.05, 0.1) is 10.6 Å². The summed E-state index contributed by atoms with van der Waals surface area (Å²) in [4.78, 5) is 28.6. The number of carbonyl (C=O) groups excluding carboxylic acids is 2. The third kappa shape index (κ3) is 7.75. The Morgan fingerprint density at radius 2 is 1.54 bits per heavy atom. The molecule has 0 radical (unpaired) electrons. The maximum Gasteiger partial charge on any atom is 0.264 e. The first-order chi connectivity index (χ1) is 18.4. The van der Waals surface area contributed by atoms with Gasteiger partial charge < -0.3 is 10.2 Å². The third-order valence-electron chi connectivity index (χ3n) is 6.12. The minimum absolute atomic E-state index is 0.0116. The highest BCUT2D eigenvalue weighted by atomic mass is 35.5. The van der Waals surface area contributed by atoms with Crippen LogP contribution in [0, 0.1) is 6.92 Å². The van der Waals surface area contributed by atoms with E-state index in [2.05, 4.69) is 5.32 Å². The Labute approximate surface area is 240 Å². The molecule has 39 heavy (non-hydrogen) atoms. The van der Waals surface area contributed by atoms with Gasteiger partial charge >= 0.3 is 0 Å². The van der Waals surface area contributed by atoms with E-state index in [1.165, 1.54) is 29.2 Å². The standard InChI is InChI=1S/C29H33Cl2N3O4S/c1-5-27(29(36)32-20(2)3)33(18-22-8-6-7-9-26(22)31)28(35)19-34(24-14-10-21(4)11-15-24)39(37,38)25-16-12-23(30)13-17-25/h6-17,20,27H,5,18-19H2,1-4H3,(H,32,36)/t27-/m1/s1. The van der Waals surface area contributed by atoms with Crippen LogP contribution in [0.4, 0.5) is 5.69 Å². The summed E-state index contributed by atoms with van der Waals surface area (Å²) in [5.41, 5.74) is 1.90. The second-order valence-electron chi connectivity index (χ2n) is 9.50. The molecule has 0 aromatic heterocycles. The summed E-state index contributed by atoms with van der Waals surface area (Å²) in [7, 11) is -4.16. The molecule has 3 aromatic carbocycles. The maximum absolute atomic E-state index is 14.0. The zero-order valence-corrected chi connectivity index (χ0v) is 24.7. The summed E-state index contributed by atoms with van der Waals surface area (Å²) in [6.07, 6.45) is 0.323. The van der Waals surface area contributed by atoms with Crippen LogP contribution in [0.25, 0.3) is 0 Å². The van der Waals surface area contributed by atoms with Crippen molar-refractivity contribution < 1.29 is 18.0 Å². The predicted molar refractivity (Wildman–Crippen MR) is 157 cm³/mol. The zero-order chi connectivity index (χ0) is 28.7. The van der Waals surface area contributed by atoms with Gasteiger partial charge in [0.1, 0.15) is 12.6 Å². The number of sulfonamides is 1. The molecule has 0 spiro atoms. The molecule has 0 bridgehead atoms. The Balaban J connectivity index is 2.07. The topological polar surface area (TPSA) is 86.8 Å². The Bertz CT molecular complexity index is 1390. The van der Waals surface area contributed by atoms with Crippen LogP contribution in [0.1, 0.15) is 38.3 Å². The SMILES string of the molecule is CC[C@H](C(=O)NC(C)C)N(Cc1ccccc1Cl)C(=O)CN(c1ccc(C)cc1)S(=O)(=O)c1ccc(Cl)cc1. The number of nitrogens with zero attached hydrogens (tertiary/aromatic N) is 2. The Hall–Kier alpha value is -3.07. The van der Waals surface area contributed by atoms with Crippen LogP contribution in [-0.4, -0.2) is 43.8 Å². The van der Waals surface area contributed by atoms with Crippen molar-refractivity contribution in [3.63, 3.8) is 0 Å². The molecule has 7 nitrogen and oxygen atoms in total. The number of rotatable bonds is 11. The van der Waals surface area contributed by atoms with Gasteiger partial charge in [0.15, 0.2) is 0 Å². The lowest BCUT2D eigenvalue weighted by Gasteiger charge is -2.33. The summed E-state index contributed by atoms with van der Waals surface area (Å²) in [6, 6.07) is 18.7. The highest BCUT2D eigenvalue weighted by Gasteiger charge is 2.34. The van der Waals surface area contributed by atoms with Crippen LogP contribution >= 0.6 is 23.2 Å². The van der Waals surface area contributed by atoms with E-state index in [0.29, 0.717) is 27.7 Å². The van der Waals surface area contributed by atoms with Crippen molar-refractivity contribution in [3.8, 4) is 0 Å². The summed E-state index contributed by atoms with van der Waals surface area (Å²) in [6.45, 7) is 6.87. The quantitative estimate of drug-likeness (QED) is 0.305. The molecule has 0 fully saturated rings. The van der Waals surface area contributed by atoms with E-state index in [-0.39, 0.29) is 23.4 Å². The van der Waals surface area contributed by atoms with Gasteiger partial charge in [0.2, 0.25) is 11.8 Å². The molecule has 1 atom stereocenters. The number of benzene rings is 3. The molecule has 1 N–H and O–H groups in total. The van der Waals surface area contributed by atoms with Gasteiger partial charge in [-0.3, -0.25) is 13.9 Å². The molecule has 208 valence electrons. The largest absolute Gasteiger partial charge is 0.352 e. The van der Waals surface area contributed by atoms with Gasteiger partial charge in [-0.15, -0.1) is 0 Å². The second-order valence-corrected chi connectivity index (χ2v) is 12.2. The van der Waals surface area contributed by atoms with Crippen LogP contribution in [0.5, 0.6) is 0 Å². The fourth-order valence-electron chi connectivity index (χ4n) is 4.08. The van der Waals surface area contributed by atoms with Gasteiger partial charge in [-0.05, 0) is 75.2 Å². The minimum atomic E-state index is -4.16. The molecule has 2 amide bonds. The van der Waals surface area contributed by atoms with Crippen molar-refractivity contribution in [2.45, 2.75) is 57.6 Å². The first-order valence-corrected chi connectivity index (χ1v) is 14.8. The molecule has 3 aromatic rings. The zero-order valence-electron chi connectivity index (χ0n) is 22.4. The summed E-state index contributed by atoms with van der Waals surface area (Å²) in [5, 5.41) is 3.70. The summed E-state index contributed by atoms with van der Waals surface area (Å²) in [5.74, 6) is -0.867. The number of carbonyl (C=O) groups is 2. The van der Waals surface area contributed by atoms with Crippen molar-refractivity contribution >= 4 is 50.7 Å². The fourth-order valence-corrected chi connectivity index (χ4v) is 5.82. The van der Waals surface area contributed by atoms with Gasteiger partial charge in [-0.1, -0.05) is 66.0 Å². The van der Waals surface area contributed by atoms with Crippen LogP contribution in [0.15, 0.2) is 77.7 Å². The Morgan fingerprint density at radius 3 is 2.10 bits per heavy atom. The average molecular weight is 591 g/mol. The average Bonchev–Trinajstić information content (AvgIpc) is 2.88. The molecular formula is C29H33Cl2N3O4S.